The van der Waals surface area contributed by atoms with Gasteiger partial charge in [-0.2, -0.15) is 0 Å². The van der Waals surface area contributed by atoms with Crippen molar-refractivity contribution in [2.24, 2.45) is 0 Å². The zero-order valence-corrected chi connectivity index (χ0v) is 19.8. The Morgan fingerprint density at radius 3 is 2.85 bits per heavy atom. The number of aryl methyl sites for hydroxylation is 1. The number of carbonyl (C=O) groups excluding carboxylic acids is 2. The van der Waals surface area contributed by atoms with E-state index in [4.69, 9.17) is 9.47 Å². The van der Waals surface area contributed by atoms with E-state index in [-0.39, 0.29) is 31.1 Å². The van der Waals surface area contributed by atoms with Crippen LogP contribution in [-0.2, 0) is 24.2 Å². The summed E-state index contributed by atoms with van der Waals surface area (Å²) in [7, 11) is 0. The van der Waals surface area contributed by atoms with E-state index in [0.29, 0.717) is 27.7 Å². The van der Waals surface area contributed by atoms with Crippen molar-refractivity contribution in [3.05, 3.63) is 51.7 Å². The molecule has 0 unspecified atom stereocenters. The number of amides is 1. The second-order valence-electron chi connectivity index (χ2n) is 8.04. The summed E-state index contributed by atoms with van der Waals surface area (Å²) >= 11 is 1.47. The maximum atomic E-state index is 13.0. The zero-order chi connectivity index (χ0) is 23.4. The van der Waals surface area contributed by atoms with E-state index in [1.54, 1.807) is 35.9 Å². The van der Waals surface area contributed by atoms with Crippen LogP contribution in [0, 0.1) is 0 Å². The van der Waals surface area contributed by atoms with E-state index < -0.39 is 0 Å². The Morgan fingerprint density at radius 1 is 1.24 bits per heavy atom. The minimum atomic E-state index is -0.382. The Morgan fingerprint density at radius 2 is 2.06 bits per heavy atom. The van der Waals surface area contributed by atoms with E-state index in [1.165, 1.54) is 11.3 Å². The average molecular weight is 470 g/mol. The van der Waals surface area contributed by atoms with E-state index in [0.717, 1.165) is 36.1 Å². The summed E-state index contributed by atoms with van der Waals surface area (Å²) in [5, 5.41) is 15.1. The van der Waals surface area contributed by atoms with Crippen LogP contribution in [-0.4, -0.2) is 38.7 Å². The average Bonchev–Trinajstić information content (AvgIpc) is 3.42. The molecule has 1 amide bonds. The Labute approximate surface area is 196 Å². The topological polar surface area (TPSA) is 108 Å². The molecule has 10 heteroatoms. The van der Waals surface area contributed by atoms with E-state index in [2.05, 4.69) is 20.8 Å². The van der Waals surface area contributed by atoms with Crippen LogP contribution < -0.4 is 10.1 Å². The van der Waals surface area contributed by atoms with Gasteiger partial charge in [-0.1, -0.05) is 6.07 Å². The molecule has 9 nitrogen and oxygen atoms in total. The molecule has 4 rings (SSSR count). The van der Waals surface area contributed by atoms with Crippen LogP contribution >= 0.6 is 11.3 Å². The molecule has 0 aliphatic heterocycles. The lowest BCUT2D eigenvalue weighted by molar-refractivity contribution is 0.0526. The zero-order valence-electron chi connectivity index (χ0n) is 19.0. The van der Waals surface area contributed by atoms with Crippen LogP contribution in [0.5, 0.6) is 5.75 Å². The van der Waals surface area contributed by atoms with Crippen molar-refractivity contribution in [2.45, 2.75) is 59.1 Å². The number of hydrogen-bond acceptors (Lipinski definition) is 8. The summed E-state index contributed by atoms with van der Waals surface area (Å²) in [4.78, 5) is 26.8. The molecule has 3 aromatic rings. The molecule has 2 aromatic heterocycles. The number of ether oxygens (including phenoxy) is 2. The number of anilines is 1. The molecule has 1 aliphatic carbocycles. The predicted molar refractivity (Wildman–Crippen MR) is 124 cm³/mol. The van der Waals surface area contributed by atoms with Gasteiger partial charge in [0.2, 0.25) is 0 Å². The number of thiophene rings is 1. The van der Waals surface area contributed by atoms with Gasteiger partial charge in [0.25, 0.3) is 5.91 Å². The lowest BCUT2D eigenvalue weighted by Gasteiger charge is -2.12. The van der Waals surface area contributed by atoms with Crippen molar-refractivity contribution in [3.8, 4) is 5.75 Å². The highest BCUT2D eigenvalue weighted by Crippen LogP contribution is 2.38. The number of fused-ring (bicyclic) bond motifs is 1. The van der Waals surface area contributed by atoms with Gasteiger partial charge in [0.15, 0.2) is 5.82 Å². The first-order valence-corrected chi connectivity index (χ1v) is 11.9. The molecule has 1 aromatic carbocycles. The standard InChI is InChI=1S/C23H27N5O4S/c1-4-31-23(30)20-17-10-5-6-11-18(17)33-22(20)24-21(29)15-8-7-9-16(12-15)32-13-19-25-26-27-28(19)14(2)3/h7-9,12,14H,4-6,10-11,13H2,1-3H3,(H,24,29). The number of aromatic nitrogens is 4. The third-order valence-electron chi connectivity index (χ3n) is 5.39. The molecule has 1 aliphatic rings. The number of hydrogen-bond donors (Lipinski definition) is 1. The molecular formula is C23H27N5O4S. The lowest BCUT2D eigenvalue weighted by Crippen LogP contribution is -2.16. The fourth-order valence-corrected chi connectivity index (χ4v) is 5.10. The molecular weight excluding hydrogens is 442 g/mol. The highest BCUT2D eigenvalue weighted by Gasteiger charge is 2.27. The molecule has 33 heavy (non-hydrogen) atoms. The van der Waals surface area contributed by atoms with Crippen molar-refractivity contribution in [2.75, 3.05) is 11.9 Å². The molecule has 0 saturated heterocycles. The summed E-state index contributed by atoms with van der Waals surface area (Å²) in [5.41, 5.74) is 1.94. The van der Waals surface area contributed by atoms with Gasteiger partial charge in [0.05, 0.1) is 18.2 Å². The van der Waals surface area contributed by atoms with Crippen molar-refractivity contribution >= 4 is 28.2 Å². The number of esters is 1. The van der Waals surface area contributed by atoms with Crippen LogP contribution in [0.25, 0.3) is 0 Å². The molecule has 174 valence electrons. The van der Waals surface area contributed by atoms with Crippen LogP contribution in [0.15, 0.2) is 24.3 Å². The first-order chi connectivity index (χ1) is 16.0. The van der Waals surface area contributed by atoms with Gasteiger partial charge in [-0.15, -0.1) is 16.4 Å². The lowest BCUT2D eigenvalue weighted by atomic mass is 9.95. The second kappa shape index (κ2) is 10.1. The van der Waals surface area contributed by atoms with Crippen LogP contribution in [0.3, 0.4) is 0 Å². The Balaban J connectivity index is 1.51. The summed E-state index contributed by atoms with van der Waals surface area (Å²) in [5.74, 6) is 0.434. The molecule has 0 fully saturated rings. The summed E-state index contributed by atoms with van der Waals surface area (Å²) in [6.07, 6.45) is 3.86. The maximum absolute atomic E-state index is 13.0. The Hall–Kier alpha value is -3.27. The molecule has 0 spiro atoms. The Kier molecular flexibility index (Phi) is 7.02. The number of benzene rings is 1. The van der Waals surface area contributed by atoms with Crippen LogP contribution in [0.4, 0.5) is 5.00 Å². The third kappa shape index (κ3) is 5.05. The van der Waals surface area contributed by atoms with Crippen LogP contribution in [0.2, 0.25) is 0 Å². The summed E-state index contributed by atoms with van der Waals surface area (Å²) in [6.45, 7) is 6.22. The van der Waals surface area contributed by atoms with E-state index in [1.807, 2.05) is 13.8 Å². The van der Waals surface area contributed by atoms with Gasteiger partial charge < -0.3 is 14.8 Å². The first-order valence-electron chi connectivity index (χ1n) is 11.1. The van der Waals surface area contributed by atoms with Gasteiger partial charge >= 0.3 is 5.97 Å². The van der Waals surface area contributed by atoms with Crippen molar-refractivity contribution in [1.82, 2.24) is 20.2 Å². The normalized spacial score (nSPS) is 13.0. The SMILES string of the molecule is CCOC(=O)c1c(NC(=O)c2cccc(OCc3nnnn3C(C)C)c2)sc2c1CCCC2. The van der Waals surface area contributed by atoms with Crippen LogP contribution in [0.1, 0.15) is 76.6 Å². The second-order valence-corrected chi connectivity index (χ2v) is 9.14. The third-order valence-corrected chi connectivity index (χ3v) is 6.60. The van der Waals surface area contributed by atoms with Gasteiger partial charge in [-0.05, 0) is 80.6 Å². The smallest absolute Gasteiger partial charge is 0.341 e. The molecule has 0 bridgehead atoms. The number of rotatable bonds is 8. The van der Waals surface area contributed by atoms with Crippen molar-refractivity contribution in [3.63, 3.8) is 0 Å². The molecule has 0 atom stereocenters. The first kappa shape index (κ1) is 22.9. The van der Waals surface area contributed by atoms with Crippen molar-refractivity contribution < 1.29 is 19.1 Å². The number of tetrazole rings is 1. The van der Waals surface area contributed by atoms with Crippen molar-refractivity contribution in [1.29, 1.82) is 0 Å². The highest BCUT2D eigenvalue weighted by atomic mass is 32.1. The summed E-state index contributed by atoms with van der Waals surface area (Å²) in [6, 6.07) is 7.00. The monoisotopic (exact) mass is 469 g/mol. The van der Waals surface area contributed by atoms with Gasteiger partial charge in [0.1, 0.15) is 17.4 Å². The fourth-order valence-electron chi connectivity index (χ4n) is 3.83. The number of nitrogens with zero attached hydrogens (tertiary/aromatic N) is 4. The minimum absolute atomic E-state index is 0.112. The minimum Gasteiger partial charge on any atom is -0.486 e. The molecule has 1 N–H and O–H groups in total. The summed E-state index contributed by atoms with van der Waals surface area (Å²) < 4.78 is 12.8. The predicted octanol–water partition coefficient (Wildman–Crippen LogP) is 4.20. The quantitative estimate of drug-likeness (QED) is 0.493. The van der Waals surface area contributed by atoms with Gasteiger partial charge in [0, 0.05) is 10.4 Å². The number of nitrogens with one attached hydrogen (secondary N) is 1. The Bertz CT molecular complexity index is 1150. The van der Waals surface area contributed by atoms with Gasteiger partial charge in [-0.3, -0.25) is 4.79 Å². The molecule has 0 radical (unpaired) electrons. The molecule has 0 saturated carbocycles. The van der Waals surface area contributed by atoms with Gasteiger partial charge in [-0.25, -0.2) is 9.48 Å². The van der Waals surface area contributed by atoms with E-state index >= 15 is 0 Å². The largest absolute Gasteiger partial charge is 0.486 e. The highest BCUT2D eigenvalue weighted by molar-refractivity contribution is 7.17. The number of carbonyl (C=O) groups is 2. The fraction of sp³-hybridized carbons (Fsp3) is 0.435. The van der Waals surface area contributed by atoms with E-state index in [9.17, 15) is 9.59 Å². The molecule has 2 heterocycles. The maximum Gasteiger partial charge on any atom is 0.341 e.